The molecule has 0 aliphatic heterocycles. The topological polar surface area (TPSA) is 92.9 Å². The molecule has 0 heterocycles. The molecule has 0 spiro atoms. The first-order valence-electron chi connectivity index (χ1n) is 5.97. The van der Waals surface area contributed by atoms with Gasteiger partial charge in [0.1, 0.15) is 6.61 Å². The van der Waals surface area contributed by atoms with E-state index in [4.69, 9.17) is 9.84 Å². The maximum atomic E-state index is 11.0. The number of likely N-dealkylation sites (N-methyl/N-ethyl adjacent to an activating group) is 1. The fraction of sp³-hybridized carbons (Fsp3) is 0.462. The van der Waals surface area contributed by atoms with Crippen molar-refractivity contribution < 1.29 is 19.6 Å². The molecule has 0 aliphatic rings. The van der Waals surface area contributed by atoms with Crippen LogP contribution in [-0.2, 0) is 0 Å². The van der Waals surface area contributed by atoms with E-state index in [9.17, 15) is 14.9 Å². The van der Waals surface area contributed by atoms with Crippen LogP contribution >= 0.6 is 0 Å². The Kier molecular flexibility index (Phi) is 4.67. The normalized spacial score (nSPS) is 11.4. The Balaban J connectivity index is 3.01. The van der Waals surface area contributed by atoms with Gasteiger partial charge in [-0.25, -0.2) is 4.79 Å². The Hall–Kier alpha value is -2.15. The van der Waals surface area contributed by atoms with Crippen molar-refractivity contribution in [1.29, 1.82) is 0 Å². The molecule has 0 aliphatic carbocycles. The number of rotatable bonds is 6. The van der Waals surface area contributed by atoms with Crippen molar-refractivity contribution >= 4 is 11.7 Å². The number of carboxylic acid groups (broad SMARTS) is 1. The van der Waals surface area contributed by atoms with Crippen LogP contribution in [0.1, 0.15) is 24.2 Å². The number of nitro benzene ring substituents is 1. The lowest BCUT2D eigenvalue weighted by Crippen LogP contribution is -2.43. The average molecular weight is 282 g/mol. The molecule has 1 aromatic carbocycles. The van der Waals surface area contributed by atoms with Crippen LogP contribution < -0.4 is 4.74 Å². The van der Waals surface area contributed by atoms with Gasteiger partial charge in [0.15, 0.2) is 5.75 Å². The van der Waals surface area contributed by atoms with Crippen LogP contribution in [0.4, 0.5) is 5.69 Å². The number of carbonyl (C=O) groups is 1. The summed E-state index contributed by atoms with van der Waals surface area (Å²) >= 11 is 0. The predicted molar refractivity (Wildman–Crippen MR) is 73.3 cm³/mol. The molecule has 0 amide bonds. The van der Waals surface area contributed by atoms with E-state index in [2.05, 4.69) is 0 Å². The Morgan fingerprint density at radius 3 is 2.50 bits per heavy atom. The molecular formula is C13H18N2O5. The molecule has 0 fully saturated rings. The fourth-order valence-electron chi connectivity index (χ4n) is 1.30. The molecule has 0 aromatic heterocycles. The monoisotopic (exact) mass is 282 g/mol. The first-order valence-corrected chi connectivity index (χ1v) is 5.97. The Bertz CT molecular complexity index is 525. The van der Waals surface area contributed by atoms with Crippen molar-refractivity contribution in [3.63, 3.8) is 0 Å². The number of aromatic carboxylic acids is 1. The minimum absolute atomic E-state index is 0.0647. The van der Waals surface area contributed by atoms with Gasteiger partial charge in [-0.05, 0) is 40.1 Å². The van der Waals surface area contributed by atoms with Crippen molar-refractivity contribution in [3.05, 3.63) is 33.9 Å². The Labute approximate surface area is 116 Å². The lowest BCUT2D eigenvalue weighted by atomic mass is 10.1. The van der Waals surface area contributed by atoms with Gasteiger partial charge in [0, 0.05) is 11.6 Å². The summed E-state index contributed by atoms with van der Waals surface area (Å²) in [6.45, 7) is 4.11. The minimum Gasteiger partial charge on any atom is -0.485 e. The molecule has 20 heavy (non-hydrogen) atoms. The van der Waals surface area contributed by atoms with Crippen molar-refractivity contribution in [3.8, 4) is 5.75 Å². The number of carboxylic acids is 1. The molecule has 0 saturated carbocycles. The number of ether oxygens (including phenoxy) is 1. The van der Waals surface area contributed by atoms with Gasteiger partial charge < -0.3 is 14.7 Å². The van der Waals surface area contributed by atoms with E-state index in [0.29, 0.717) is 0 Å². The average Bonchev–Trinajstić information content (AvgIpc) is 2.35. The molecule has 1 N–H and O–H groups in total. The highest BCUT2D eigenvalue weighted by Crippen LogP contribution is 2.29. The third-order valence-electron chi connectivity index (χ3n) is 3.19. The summed E-state index contributed by atoms with van der Waals surface area (Å²) in [5.74, 6) is -1.15. The van der Waals surface area contributed by atoms with E-state index >= 15 is 0 Å². The van der Waals surface area contributed by atoms with Gasteiger partial charge in [-0.1, -0.05) is 0 Å². The quantitative estimate of drug-likeness (QED) is 0.633. The SMILES string of the molecule is CN(C)C(C)(C)COc1ccc(C(=O)O)cc1[N+](=O)[O-]. The number of benzene rings is 1. The molecule has 0 saturated heterocycles. The largest absolute Gasteiger partial charge is 0.485 e. The zero-order chi connectivity index (χ0) is 15.5. The molecule has 7 nitrogen and oxygen atoms in total. The summed E-state index contributed by atoms with van der Waals surface area (Å²) in [5.41, 5.74) is -0.797. The van der Waals surface area contributed by atoms with E-state index in [1.165, 1.54) is 12.1 Å². The van der Waals surface area contributed by atoms with Crippen LogP contribution in [-0.4, -0.2) is 47.1 Å². The van der Waals surface area contributed by atoms with Crippen molar-refractivity contribution in [2.75, 3.05) is 20.7 Å². The van der Waals surface area contributed by atoms with E-state index in [1.807, 2.05) is 32.8 Å². The zero-order valence-corrected chi connectivity index (χ0v) is 11.9. The summed E-state index contributed by atoms with van der Waals surface area (Å²) in [6.07, 6.45) is 0. The van der Waals surface area contributed by atoms with Crippen LogP contribution in [0.25, 0.3) is 0 Å². The molecule has 0 bridgehead atoms. The van der Waals surface area contributed by atoms with Crippen molar-refractivity contribution in [2.45, 2.75) is 19.4 Å². The van der Waals surface area contributed by atoms with Gasteiger partial charge in [-0.2, -0.15) is 0 Å². The lowest BCUT2D eigenvalue weighted by Gasteiger charge is -2.32. The Morgan fingerprint density at radius 1 is 1.45 bits per heavy atom. The van der Waals surface area contributed by atoms with E-state index in [1.54, 1.807) is 0 Å². The van der Waals surface area contributed by atoms with Gasteiger partial charge >= 0.3 is 11.7 Å². The second-order valence-electron chi connectivity index (χ2n) is 5.24. The van der Waals surface area contributed by atoms with Crippen molar-refractivity contribution in [1.82, 2.24) is 4.90 Å². The van der Waals surface area contributed by atoms with E-state index in [0.717, 1.165) is 6.07 Å². The third kappa shape index (κ3) is 3.67. The fourth-order valence-corrected chi connectivity index (χ4v) is 1.30. The van der Waals surface area contributed by atoms with Gasteiger partial charge in [0.2, 0.25) is 0 Å². The van der Waals surface area contributed by atoms with Crippen LogP contribution in [0, 0.1) is 10.1 Å². The molecule has 1 rings (SSSR count). The minimum atomic E-state index is -1.21. The summed E-state index contributed by atoms with van der Waals surface area (Å²) in [4.78, 5) is 23.1. The molecule has 110 valence electrons. The molecular weight excluding hydrogens is 264 g/mol. The Morgan fingerprint density at radius 2 is 2.05 bits per heavy atom. The van der Waals surface area contributed by atoms with Gasteiger partial charge in [-0.3, -0.25) is 10.1 Å². The number of hydrogen-bond acceptors (Lipinski definition) is 5. The van der Waals surface area contributed by atoms with Crippen LogP contribution in [0.15, 0.2) is 18.2 Å². The molecule has 0 atom stereocenters. The highest BCUT2D eigenvalue weighted by Gasteiger charge is 2.24. The standard InChI is InChI=1S/C13H18N2O5/c1-13(2,14(3)4)8-20-11-6-5-9(12(16)17)7-10(11)15(18)19/h5-7H,8H2,1-4H3,(H,16,17). The van der Waals surface area contributed by atoms with E-state index in [-0.39, 0.29) is 29.1 Å². The second kappa shape index (κ2) is 5.87. The number of nitro groups is 1. The highest BCUT2D eigenvalue weighted by atomic mass is 16.6. The number of nitrogens with zero attached hydrogens (tertiary/aromatic N) is 2. The molecule has 7 heteroatoms. The predicted octanol–water partition coefficient (Wildman–Crippen LogP) is 2.01. The highest BCUT2D eigenvalue weighted by molar-refractivity contribution is 5.88. The van der Waals surface area contributed by atoms with Gasteiger partial charge in [0.05, 0.1) is 10.5 Å². The molecule has 0 radical (unpaired) electrons. The smallest absolute Gasteiger partial charge is 0.335 e. The van der Waals surface area contributed by atoms with Gasteiger partial charge in [-0.15, -0.1) is 0 Å². The van der Waals surface area contributed by atoms with Crippen LogP contribution in [0.2, 0.25) is 0 Å². The summed E-state index contributed by atoms with van der Waals surface area (Å²) in [5, 5.41) is 19.8. The first kappa shape index (κ1) is 15.9. The number of hydrogen-bond donors (Lipinski definition) is 1. The van der Waals surface area contributed by atoms with Gasteiger partial charge in [0.25, 0.3) is 0 Å². The molecule has 1 aromatic rings. The molecule has 0 unspecified atom stereocenters. The summed E-state index contributed by atoms with van der Waals surface area (Å²) in [6, 6.07) is 3.60. The maximum Gasteiger partial charge on any atom is 0.335 e. The van der Waals surface area contributed by atoms with E-state index < -0.39 is 10.9 Å². The zero-order valence-electron chi connectivity index (χ0n) is 11.9. The maximum absolute atomic E-state index is 11.0. The van der Waals surface area contributed by atoms with Crippen molar-refractivity contribution in [2.24, 2.45) is 0 Å². The second-order valence-corrected chi connectivity index (χ2v) is 5.24. The lowest BCUT2D eigenvalue weighted by molar-refractivity contribution is -0.386. The first-order chi connectivity index (χ1) is 9.15. The third-order valence-corrected chi connectivity index (χ3v) is 3.19. The van der Waals surface area contributed by atoms with Crippen LogP contribution in [0.3, 0.4) is 0 Å². The summed E-state index contributed by atoms with van der Waals surface area (Å²) < 4.78 is 5.48. The van der Waals surface area contributed by atoms with Crippen LogP contribution in [0.5, 0.6) is 5.75 Å². The summed E-state index contributed by atoms with van der Waals surface area (Å²) in [7, 11) is 3.76.